The first-order chi connectivity index (χ1) is 24.3. The molecule has 258 valence electrons. The van der Waals surface area contributed by atoms with E-state index in [-0.39, 0.29) is 29.5 Å². The van der Waals surface area contributed by atoms with Gasteiger partial charge in [-0.1, -0.05) is 65.7 Å². The van der Waals surface area contributed by atoms with Gasteiger partial charge in [0.05, 0.1) is 36.1 Å². The molecular formula is C40H40Cl2N4O4. The highest BCUT2D eigenvalue weighted by atomic mass is 35.5. The summed E-state index contributed by atoms with van der Waals surface area (Å²) < 4.78 is 11.9. The summed E-state index contributed by atoms with van der Waals surface area (Å²) in [6.07, 6.45) is 4.28. The largest absolute Gasteiger partial charge is 0.496 e. The van der Waals surface area contributed by atoms with Crippen molar-refractivity contribution in [3.05, 3.63) is 86.9 Å². The van der Waals surface area contributed by atoms with Crippen molar-refractivity contribution >= 4 is 29.1 Å². The number of aliphatic hydroxyl groups excluding tert-OH is 1. The highest BCUT2D eigenvalue weighted by molar-refractivity contribution is 6.39. The smallest absolute Gasteiger partial charge is 0.220 e. The fraction of sp³-hybridized carbons (Fsp3) is 0.400. The molecule has 4 heterocycles. The zero-order valence-corrected chi connectivity index (χ0v) is 29.8. The molecule has 1 aromatic heterocycles. The second-order valence-corrected chi connectivity index (χ2v) is 15.5. The molecule has 2 N–H and O–H groups in total. The van der Waals surface area contributed by atoms with Crippen molar-refractivity contribution in [3.63, 3.8) is 0 Å². The number of β-amino-alcohol motifs (C(OH)–C–C–N with tert-alkyl or cyclic N) is 1. The van der Waals surface area contributed by atoms with E-state index in [1.807, 2.05) is 36.4 Å². The lowest BCUT2D eigenvalue weighted by Crippen LogP contribution is -2.58. The number of carbonyl (C=O) groups excluding carboxylic acids is 1. The summed E-state index contributed by atoms with van der Waals surface area (Å²) in [7, 11) is 3.41. The molecule has 0 saturated carbocycles. The van der Waals surface area contributed by atoms with E-state index in [0.29, 0.717) is 35.4 Å². The number of hydrogen-bond acceptors (Lipinski definition) is 7. The molecule has 0 bridgehead atoms. The number of hydrogen-bond donors (Lipinski definition) is 2. The maximum Gasteiger partial charge on any atom is 0.220 e. The molecule has 0 unspecified atom stereocenters. The Morgan fingerprint density at radius 1 is 0.840 bits per heavy atom. The van der Waals surface area contributed by atoms with Gasteiger partial charge in [-0.2, -0.15) is 0 Å². The van der Waals surface area contributed by atoms with Crippen LogP contribution in [0.4, 0.5) is 0 Å². The number of aryl methyl sites for hydroxylation is 2. The molecule has 4 aromatic rings. The minimum absolute atomic E-state index is 0.0712. The molecule has 1 spiro atoms. The zero-order chi connectivity index (χ0) is 34.3. The van der Waals surface area contributed by atoms with Crippen molar-refractivity contribution in [2.75, 3.05) is 46.9 Å². The van der Waals surface area contributed by atoms with Crippen molar-refractivity contribution < 1.29 is 19.4 Å². The van der Waals surface area contributed by atoms with Gasteiger partial charge in [0.1, 0.15) is 5.75 Å². The van der Waals surface area contributed by atoms with Crippen LogP contribution in [0.15, 0.2) is 54.6 Å². The van der Waals surface area contributed by atoms with Crippen LogP contribution in [0.2, 0.25) is 10.0 Å². The maximum atomic E-state index is 11.9. The summed E-state index contributed by atoms with van der Waals surface area (Å²) in [6.45, 7) is 4.01. The third-order valence-corrected chi connectivity index (χ3v) is 12.5. The molecular weight excluding hydrogens is 671 g/mol. The Morgan fingerprint density at radius 2 is 1.48 bits per heavy atom. The molecule has 9 rings (SSSR count). The first kappa shape index (κ1) is 32.3. The van der Waals surface area contributed by atoms with Gasteiger partial charge in [-0.3, -0.25) is 14.6 Å². The molecule has 2 atom stereocenters. The van der Waals surface area contributed by atoms with Crippen molar-refractivity contribution in [1.29, 1.82) is 0 Å². The van der Waals surface area contributed by atoms with E-state index >= 15 is 0 Å². The molecule has 3 aromatic carbocycles. The number of ether oxygens (including phenoxy) is 2. The molecule has 10 heteroatoms. The number of likely N-dealkylation sites (tertiary alicyclic amines) is 2. The van der Waals surface area contributed by atoms with Gasteiger partial charge in [-0.25, -0.2) is 4.98 Å². The number of benzene rings is 3. The summed E-state index contributed by atoms with van der Waals surface area (Å²) in [5.74, 6) is 1.66. The van der Waals surface area contributed by atoms with Crippen LogP contribution in [-0.2, 0) is 17.6 Å². The van der Waals surface area contributed by atoms with Crippen LogP contribution in [-0.4, -0.2) is 78.8 Å². The minimum Gasteiger partial charge on any atom is -0.496 e. The Morgan fingerprint density at radius 3 is 2.12 bits per heavy atom. The lowest BCUT2D eigenvalue weighted by molar-refractivity contribution is -0.121. The van der Waals surface area contributed by atoms with E-state index in [9.17, 15) is 9.90 Å². The number of nitrogens with zero attached hydrogens (tertiary/aromatic N) is 3. The van der Waals surface area contributed by atoms with E-state index in [0.717, 1.165) is 90.1 Å². The van der Waals surface area contributed by atoms with Crippen molar-refractivity contribution in [1.82, 2.24) is 20.1 Å². The number of pyridine rings is 1. The van der Waals surface area contributed by atoms with Gasteiger partial charge < -0.3 is 19.9 Å². The van der Waals surface area contributed by atoms with Crippen molar-refractivity contribution in [3.8, 4) is 45.1 Å². The molecule has 8 nitrogen and oxygen atoms in total. The quantitative estimate of drug-likeness (QED) is 0.216. The van der Waals surface area contributed by atoms with Gasteiger partial charge in [-0.05, 0) is 54.5 Å². The number of halogens is 2. The molecule has 2 aliphatic carbocycles. The number of methoxy groups -OCH3 is 2. The summed E-state index contributed by atoms with van der Waals surface area (Å²) in [4.78, 5) is 21.8. The Hall–Kier alpha value is -3.66. The molecule has 1 amide bonds. The van der Waals surface area contributed by atoms with E-state index in [4.69, 9.17) is 37.7 Å². The Labute approximate surface area is 302 Å². The second kappa shape index (κ2) is 12.2. The predicted octanol–water partition coefficient (Wildman–Crippen LogP) is 6.88. The maximum absolute atomic E-state index is 11.9. The molecule has 3 saturated heterocycles. The number of aliphatic hydroxyl groups is 1. The number of fused-ring (bicyclic) bond motifs is 2. The van der Waals surface area contributed by atoms with Crippen LogP contribution in [0.25, 0.3) is 33.5 Å². The second-order valence-electron chi connectivity index (χ2n) is 14.8. The molecule has 5 aliphatic rings. The SMILES string of the molecule is COc1cc(-c2cccc(-c3cccc(-c4cc5c(c(OC)n4)[C@@H](N4CC6(CNC(=O)C6)C4)CC5)c3Cl)c2Cl)cc2c1[C@H](N1CC(O)C1)CC2. The van der Waals surface area contributed by atoms with E-state index in [1.54, 1.807) is 14.2 Å². The van der Waals surface area contributed by atoms with E-state index in [1.165, 1.54) is 16.7 Å². The molecule has 50 heavy (non-hydrogen) atoms. The number of carbonyl (C=O) groups is 1. The highest BCUT2D eigenvalue weighted by Gasteiger charge is 2.51. The number of nitrogens with one attached hydrogen (secondary N) is 1. The number of aromatic nitrogens is 1. The Balaban J connectivity index is 1.03. The van der Waals surface area contributed by atoms with Crippen LogP contribution < -0.4 is 14.8 Å². The normalized spacial score (nSPS) is 22.6. The van der Waals surface area contributed by atoms with Crippen molar-refractivity contribution in [2.24, 2.45) is 5.41 Å². The summed E-state index contributed by atoms with van der Waals surface area (Å²) in [6, 6.07) is 19.1. The monoisotopic (exact) mass is 710 g/mol. The van der Waals surface area contributed by atoms with E-state index < -0.39 is 0 Å². The Bertz CT molecular complexity index is 2040. The van der Waals surface area contributed by atoms with Crippen LogP contribution >= 0.6 is 23.2 Å². The average molecular weight is 712 g/mol. The first-order valence-electron chi connectivity index (χ1n) is 17.6. The van der Waals surface area contributed by atoms with Crippen LogP contribution in [0.1, 0.15) is 53.6 Å². The minimum atomic E-state index is -0.239. The topological polar surface area (TPSA) is 87.2 Å². The van der Waals surface area contributed by atoms with Gasteiger partial charge in [0, 0.05) is 90.0 Å². The fourth-order valence-electron chi connectivity index (χ4n) is 9.29. The number of amides is 1. The molecule has 0 radical (unpaired) electrons. The van der Waals surface area contributed by atoms with Crippen LogP contribution in [0.3, 0.4) is 0 Å². The molecule has 3 fully saturated rings. The van der Waals surface area contributed by atoms with Crippen molar-refractivity contribution in [2.45, 2.75) is 50.3 Å². The third kappa shape index (κ3) is 5.14. The zero-order valence-electron chi connectivity index (χ0n) is 28.3. The lowest BCUT2D eigenvalue weighted by Gasteiger charge is -2.50. The summed E-state index contributed by atoms with van der Waals surface area (Å²) >= 11 is 14.5. The van der Waals surface area contributed by atoms with Gasteiger partial charge in [0.25, 0.3) is 0 Å². The summed E-state index contributed by atoms with van der Waals surface area (Å²) in [5, 5.41) is 14.1. The standard InChI is InChI=1S/C40H40Cl2N4O4/c1-49-33-15-24(13-22-9-11-31(35(22)33)45-17-25(47)18-45)26-5-3-6-27(37(26)41)28-7-4-8-29(38(28)42)30-14-23-10-12-32(36(23)39(44-30)50-2)46-20-40(21-46)16-34(48)43-19-40/h3-8,13-15,25,31-32,47H,9-12,16-21H2,1-2H3,(H,43,48)/t31-,32+/m1/s1. The fourth-order valence-corrected chi connectivity index (χ4v) is 9.95. The first-order valence-corrected chi connectivity index (χ1v) is 18.3. The van der Waals surface area contributed by atoms with Crippen LogP contribution in [0, 0.1) is 5.41 Å². The van der Waals surface area contributed by atoms with Gasteiger partial charge in [-0.15, -0.1) is 0 Å². The van der Waals surface area contributed by atoms with Gasteiger partial charge in [0.2, 0.25) is 11.8 Å². The predicted molar refractivity (Wildman–Crippen MR) is 195 cm³/mol. The highest BCUT2D eigenvalue weighted by Crippen LogP contribution is 2.51. The molecule has 3 aliphatic heterocycles. The van der Waals surface area contributed by atoms with Gasteiger partial charge in [0.15, 0.2) is 0 Å². The summed E-state index contributed by atoms with van der Waals surface area (Å²) in [5.41, 5.74) is 10.2. The third-order valence-electron chi connectivity index (χ3n) is 11.7. The van der Waals surface area contributed by atoms with Gasteiger partial charge >= 0.3 is 0 Å². The van der Waals surface area contributed by atoms with Crippen LogP contribution in [0.5, 0.6) is 11.6 Å². The average Bonchev–Trinajstić information content (AvgIpc) is 3.82. The number of rotatable bonds is 7. The Kier molecular flexibility index (Phi) is 7.90. The van der Waals surface area contributed by atoms with E-state index in [2.05, 4.69) is 33.3 Å². The lowest BCUT2D eigenvalue weighted by atomic mass is 9.77.